The lowest BCUT2D eigenvalue weighted by atomic mass is 9.69. The number of hydrogen-bond acceptors (Lipinski definition) is 3. The van der Waals surface area contributed by atoms with Crippen molar-refractivity contribution in [1.82, 2.24) is 9.97 Å². The van der Waals surface area contributed by atoms with E-state index >= 15 is 0 Å². The zero-order chi connectivity index (χ0) is 25.0. The largest absolute Gasteiger partial charge is 0.396 e. The SMILES string of the molecule is N#Cc1ccc(-c2nc(C(c3ccccc3)(c3ccccc3)c3ccccc3)[nH]c2CCO)cc1F. The van der Waals surface area contributed by atoms with Gasteiger partial charge in [0.25, 0.3) is 0 Å². The van der Waals surface area contributed by atoms with Crippen LogP contribution in [0.4, 0.5) is 4.39 Å². The molecule has 176 valence electrons. The first-order chi connectivity index (χ1) is 17.7. The molecule has 5 aromatic rings. The Morgan fingerprint density at radius 3 is 1.78 bits per heavy atom. The number of halogens is 1. The molecule has 4 nitrogen and oxygen atoms in total. The number of H-pyrrole nitrogens is 1. The fourth-order valence-electron chi connectivity index (χ4n) is 4.85. The molecule has 36 heavy (non-hydrogen) atoms. The lowest BCUT2D eigenvalue weighted by Gasteiger charge is -2.34. The van der Waals surface area contributed by atoms with E-state index in [0.29, 0.717) is 29.2 Å². The van der Waals surface area contributed by atoms with Crippen molar-refractivity contribution < 1.29 is 9.50 Å². The molecule has 0 aliphatic heterocycles. The van der Waals surface area contributed by atoms with Crippen LogP contribution in [0.25, 0.3) is 11.3 Å². The third kappa shape index (κ3) is 3.98. The molecule has 0 atom stereocenters. The molecular weight excluding hydrogens is 449 g/mol. The van der Waals surface area contributed by atoms with Crippen LogP contribution in [0.2, 0.25) is 0 Å². The number of nitriles is 1. The van der Waals surface area contributed by atoms with Gasteiger partial charge in [-0.15, -0.1) is 0 Å². The number of rotatable bonds is 7. The predicted octanol–water partition coefficient (Wildman–Crippen LogP) is 6.00. The Bertz CT molecular complexity index is 1410. The second-order valence-electron chi connectivity index (χ2n) is 8.54. The van der Waals surface area contributed by atoms with Gasteiger partial charge in [-0.25, -0.2) is 9.37 Å². The Balaban J connectivity index is 1.84. The first-order valence-corrected chi connectivity index (χ1v) is 11.7. The Labute approximate surface area is 209 Å². The topological polar surface area (TPSA) is 72.7 Å². The van der Waals surface area contributed by atoms with Gasteiger partial charge in [-0.05, 0) is 28.8 Å². The smallest absolute Gasteiger partial charge is 0.141 e. The number of aromatic amines is 1. The highest BCUT2D eigenvalue weighted by Crippen LogP contribution is 2.44. The van der Waals surface area contributed by atoms with E-state index in [1.165, 1.54) is 12.1 Å². The van der Waals surface area contributed by atoms with Crippen molar-refractivity contribution in [3.8, 4) is 17.3 Å². The maximum atomic E-state index is 14.6. The number of nitrogens with zero attached hydrogens (tertiary/aromatic N) is 2. The van der Waals surface area contributed by atoms with Crippen LogP contribution in [0.15, 0.2) is 109 Å². The van der Waals surface area contributed by atoms with E-state index in [9.17, 15) is 9.50 Å². The number of aromatic nitrogens is 2. The van der Waals surface area contributed by atoms with Crippen LogP contribution in [-0.2, 0) is 11.8 Å². The Morgan fingerprint density at radius 2 is 1.33 bits per heavy atom. The summed E-state index contributed by atoms with van der Waals surface area (Å²) < 4.78 is 14.6. The van der Waals surface area contributed by atoms with Crippen molar-refractivity contribution in [2.75, 3.05) is 6.61 Å². The number of benzene rings is 4. The molecule has 5 heteroatoms. The summed E-state index contributed by atoms with van der Waals surface area (Å²) in [6, 6.07) is 36.8. The molecule has 0 saturated carbocycles. The fraction of sp³-hybridized carbons (Fsp3) is 0.0968. The minimum Gasteiger partial charge on any atom is -0.396 e. The van der Waals surface area contributed by atoms with Crippen LogP contribution < -0.4 is 0 Å². The van der Waals surface area contributed by atoms with Crippen molar-refractivity contribution in [3.05, 3.63) is 149 Å². The van der Waals surface area contributed by atoms with Gasteiger partial charge in [0.1, 0.15) is 23.1 Å². The average Bonchev–Trinajstić information content (AvgIpc) is 3.35. The standard InChI is InChI=1S/C31H24FN3O/c32-27-20-22(16-17-23(27)21-33)29-28(18-19-36)34-30(35-29)31(24-10-4-1-5-11-24,25-12-6-2-7-13-25)26-14-8-3-9-15-26/h1-17,20,36H,18-19H2,(H,34,35). The maximum Gasteiger partial charge on any atom is 0.141 e. The molecule has 0 aliphatic carbocycles. The zero-order valence-corrected chi connectivity index (χ0v) is 19.5. The highest BCUT2D eigenvalue weighted by molar-refractivity contribution is 5.66. The van der Waals surface area contributed by atoms with Gasteiger partial charge in [0, 0.05) is 24.3 Å². The molecule has 5 rings (SSSR count). The van der Waals surface area contributed by atoms with Gasteiger partial charge < -0.3 is 10.1 Å². The minimum absolute atomic E-state index is 0.0228. The first-order valence-electron chi connectivity index (χ1n) is 11.7. The number of imidazole rings is 1. The van der Waals surface area contributed by atoms with E-state index in [4.69, 9.17) is 10.2 Å². The summed E-state index contributed by atoms with van der Waals surface area (Å²) in [4.78, 5) is 8.59. The lowest BCUT2D eigenvalue weighted by Crippen LogP contribution is -2.32. The molecule has 0 saturated heterocycles. The molecule has 0 bridgehead atoms. The summed E-state index contributed by atoms with van der Waals surface area (Å²) in [6.45, 7) is -0.0948. The normalized spacial score (nSPS) is 11.2. The van der Waals surface area contributed by atoms with Gasteiger partial charge in [0.05, 0.1) is 11.3 Å². The van der Waals surface area contributed by atoms with Crippen LogP contribution in [0, 0.1) is 17.1 Å². The highest BCUT2D eigenvalue weighted by atomic mass is 19.1. The first kappa shape index (κ1) is 23.2. The second kappa shape index (κ2) is 9.99. The predicted molar refractivity (Wildman–Crippen MR) is 138 cm³/mol. The number of nitrogens with one attached hydrogen (secondary N) is 1. The second-order valence-corrected chi connectivity index (χ2v) is 8.54. The monoisotopic (exact) mass is 473 g/mol. The van der Waals surface area contributed by atoms with Gasteiger partial charge >= 0.3 is 0 Å². The molecule has 2 N–H and O–H groups in total. The molecule has 0 spiro atoms. The van der Waals surface area contributed by atoms with Crippen molar-refractivity contribution >= 4 is 0 Å². The molecular formula is C31H24FN3O. The van der Waals surface area contributed by atoms with Crippen LogP contribution in [0.3, 0.4) is 0 Å². The van der Waals surface area contributed by atoms with Gasteiger partial charge in [-0.3, -0.25) is 0 Å². The zero-order valence-electron chi connectivity index (χ0n) is 19.5. The van der Waals surface area contributed by atoms with Crippen LogP contribution in [-0.4, -0.2) is 21.7 Å². The van der Waals surface area contributed by atoms with Gasteiger partial charge in [-0.2, -0.15) is 5.26 Å². The van der Waals surface area contributed by atoms with E-state index in [2.05, 4.69) is 41.4 Å². The van der Waals surface area contributed by atoms with Gasteiger partial charge in [0.15, 0.2) is 0 Å². The van der Waals surface area contributed by atoms with E-state index in [-0.39, 0.29) is 12.2 Å². The third-order valence-electron chi connectivity index (χ3n) is 6.48. The fourth-order valence-corrected chi connectivity index (χ4v) is 4.85. The molecule has 1 aromatic heterocycles. The molecule has 1 heterocycles. The molecule has 0 amide bonds. The number of aliphatic hydroxyl groups is 1. The van der Waals surface area contributed by atoms with Crippen LogP contribution in [0.1, 0.15) is 33.8 Å². The molecule has 0 unspecified atom stereocenters. The van der Waals surface area contributed by atoms with E-state index in [0.717, 1.165) is 16.7 Å². The summed E-state index contributed by atoms with van der Waals surface area (Å²) in [5, 5.41) is 19.0. The van der Waals surface area contributed by atoms with Crippen LogP contribution >= 0.6 is 0 Å². The maximum absolute atomic E-state index is 14.6. The summed E-state index contributed by atoms with van der Waals surface area (Å²) in [5.74, 6) is 0.0595. The van der Waals surface area contributed by atoms with Gasteiger partial charge in [-0.1, -0.05) is 97.1 Å². The molecule has 0 aliphatic rings. The summed E-state index contributed by atoms with van der Waals surface area (Å²) in [5.41, 5.74) is 4.03. The van der Waals surface area contributed by atoms with E-state index in [1.807, 2.05) is 60.7 Å². The van der Waals surface area contributed by atoms with Crippen molar-refractivity contribution in [2.24, 2.45) is 0 Å². The molecule has 0 fully saturated rings. The van der Waals surface area contributed by atoms with Crippen LogP contribution in [0.5, 0.6) is 0 Å². The molecule has 4 aromatic carbocycles. The third-order valence-corrected chi connectivity index (χ3v) is 6.48. The van der Waals surface area contributed by atoms with Crippen molar-refractivity contribution in [3.63, 3.8) is 0 Å². The van der Waals surface area contributed by atoms with Crippen molar-refractivity contribution in [1.29, 1.82) is 5.26 Å². The highest BCUT2D eigenvalue weighted by Gasteiger charge is 2.41. The number of hydrogen-bond donors (Lipinski definition) is 2. The lowest BCUT2D eigenvalue weighted by molar-refractivity contribution is 0.298. The quantitative estimate of drug-likeness (QED) is 0.285. The summed E-state index contributed by atoms with van der Waals surface area (Å²) in [6.07, 6.45) is 0.318. The van der Waals surface area contributed by atoms with Crippen molar-refractivity contribution in [2.45, 2.75) is 11.8 Å². The minimum atomic E-state index is -0.794. The number of aliphatic hydroxyl groups excluding tert-OH is 1. The Hall–Kier alpha value is -4.53. The molecule has 0 radical (unpaired) electrons. The summed E-state index contributed by atoms with van der Waals surface area (Å²) >= 11 is 0. The summed E-state index contributed by atoms with van der Waals surface area (Å²) in [7, 11) is 0. The Morgan fingerprint density at radius 1 is 0.806 bits per heavy atom. The Kier molecular flexibility index (Phi) is 6.44. The van der Waals surface area contributed by atoms with E-state index in [1.54, 1.807) is 6.07 Å². The van der Waals surface area contributed by atoms with E-state index < -0.39 is 11.2 Å². The average molecular weight is 474 g/mol. The van der Waals surface area contributed by atoms with Gasteiger partial charge in [0.2, 0.25) is 0 Å².